The Morgan fingerprint density at radius 3 is 2.81 bits per heavy atom. The molecule has 0 atom stereocenters. The van der Waals surface area contributed by atoms with Gasteiger partial charge in [0, 0.05) is 5.56 Å². The first-order valence-corrected chi connectivity index (χ1v) is 4.98. The Bertz CT molecular complexity index is 522. The summed E-state index contributed by atoms with van der Waals surface area (Å²) in [6, 6.07) is 7.34. The lowest BCUT2D eigenvalue weighted by Gasteiger charge is -2.05. The van der Waals surface area contributed by atoms with Crippen LogP contribution in [0.2, 0.25) is 5.02 Å². The molecule has 2 rings (SSSR count). The quantitative estimate of drug-likeness (QED) is 0.834. The van der Waals surface area contributed by atoms with Crippen molar-refractivity contribution in [1.82, 2.24) is 10.2 Å². The Hall–Kier alpha value is -1.81. The zero-order chi connectivity index (χ0) is 11.5. The molecule has 1 aromatic heterocycles. The van der Waals surface area contributed by atoms with Crippen LogP contribution in [0.4, 0.5) is 0 Å². The van der Waals surface area contributed by atoms with E-state index in [1.54, 1.807) is 13.2 Å². The minimum absolute atomic E-state index is 0.266. The van der Waals surface area contributed by atoms with E-state index >= 15 is 0 Å². The van der Waals surface area contributed by atoms with Crippen LogP contribution in [0.1, 0.15) is 10.5 Å². The average Bonchev–Trinajstić information content (AvgIpc) is 2.70. The number of nitrogens with zero attached hydrogens (tertiary/aromatic N) is 1. The fourth-order valence-electron chi connectivity index (χ4n) is 1.44. The smallest absolute Gasteiger partial charge is 0.169 e. The zero-order valence-corrected chi connectivity index (χ0v) is 9.28. The molecule has 1 N–H and O–H groups in total. The molecule has 0 unspecified atom stereocenters. The number of aromatic nitrogens is 2. The van der Waals surface area contributed by atoms with Gasteiger partial charge in [-0.25, -0.2) is 0 Å². The van der Waals surface area contributed by atoms with Gasteiger partial charge in [-0.2, -0.15) is 5.10 Å². The van der Waals surface area contributed by atoms with E-state index < -0.39 is 0 Å². The van der Waals surface area contributed by atoms with E-state index in [-0.39, 0.29) is 5.69 Å². The Balaban J connectivity index is 2.58. The van der Waals surface area contributed by atoms with E-state index in [9.17, 15) is 4.79 Å². The first kappa shape index (κ1) is 10.7. The first-order valence-electron chi connectivity index (χ1n) is 4.60. The van der Waals surface area contributed by atoms with Gasteiger partial charge in [0.05, 0.1) is 12.1 Å². The number of para-hydroxylation sites is 1. The fourth-order valence-corrected chi connectivity index (χ4v) is 1.67. The van der Waals surface area contributed by atoms with Gasteiger partial charge in [-0.1, -0.05) is 23.7 Å². The highest BCUT2D eigenvalue weighted by atomic mass is 35.5. The summed E-state index contributed by atoms with van der Waals surface area (Å²) < 4.78 is 5.20. The molecule has 0 aliphatic heterocycles. The lowest BCUT2D eigenvalue weighted by atomic mass is 10.1. The summed E-state index contributed by atoms with van der Waals surface area (Å²) in [6.45, 7) is 0. The fraction of sp³-hybridized carbons (Fsp3) is 0.0909. The molecule has 0 fully saturated rings. The van der Waals surface area contributed by atoms with Gasteiger partial charge in [0.15, 0.2) is 6.29 Å². The minimum atomic E-state index is 0.266. The van der Waals surface area contributed by atoms with Gasteiger partial charge < -0.3 is 4.74 Å². The number of nitrogens with one attached hydrogen (secondary N) is 1. The Morgan fingerprint density at radius 2 is 2.19 bits per heavy atom. The molecule has 1 aromatic carbocycles. The molecule has 0 radical (unpaired) electrons. The van der Waals surface area contributed by atoms with Crippen molar-refractivity contribution in [2.45, 2.75) is 0 Å². The second kappa shape index (κ2) is 4.37. The molecule has 0 aliphatic rings. The largest absolute Gasteiger partial charge is 0.496 e. The Morgan fingerprint density at radius 1 is 1.44 bits per heavy atom. The summed E-state index contributed by atoms with van der Waals surface area (Å²) in [5, 5.41) is 6.87. The number of carbonyl (C=O) groups excluding carboxylic acids is 1. The predicted molar refractivity (Wildman–Crippen MR) is 61.0 cm³/mol. The molecule has 82 valence electrons. The second-order valence-electron chi connectivity index (χ2n) is 3.12. The summed E-state index contributed by atoms with van der Waals surface area (Å²) in [4.78, 5) is 10.6. The number of aromatic amines is 1. The summed E-state index contributed by atoms with van der Waals surface area (Å²) in [7, 11) is 1.57. The van der Waals surface area contributed by atoms with E-state index in [1.165, 1.54) is 0 Å². The maximum Gasteiger partial charge on any atom is 0.169 e. The number of benzene rings is 1. The third-order valence-electron chi connectivity index (χ3n) is 2.21. The van der Waals surface area contributed by atoms with Crippen LogP contribution in [0.15, 0.2) is 24.3 Å². The van der Waals surface area contributed by atoms with Gasteiger partial charge in [0.25, 0.3) is 0 Å². The lowest BCUT2D eigenvalue weighted by Crippen LogP contribution is -1.87. The summed E-state index contributed by atoms with van der Waals surface area (Å²) in [6.07, 6.45) is 0.633. The molecule has 16 heavy (non-hydrogen) atoms. The van der Waals surface area contributed by atoms with Crippen LogP contribution >= 0.6 is 11.6 Å². The Kier molecular flexibility index (Phi) is 2.92. The van der Waals surface area contributed by atoms with Gasteiger partial charge in [-0.3, -0.25) is 9.89 Å². The lowest BCUT2D eigenvalue weighted by molar-refractivity contribution is 0.111. The van der Waals surface area contributed by atoms with Crippen molar-refractivity contribution in [2.24, 2.45) is 0 Å². The molecule has 4 nitrogen and oxygen atoms in total. The summed E-state index contributed by atoms with van der Waals surface area (Å²) in [5.74, 6) is 0.661. The highest BCUT2D eigenvalue weighted by Crippen LogP contribution is 2.33. The number of methoxy groups -OCH3 is 1. The van der Waals surface area contributed by atoms with E-state index in [0.29, 0.717) is 22.8 Å². The standard InChI is InChI=1S/C11H9ClN2O2/c1-16-9-5-3-2-4-7(9)11-10(12)8(6-15)13-14-11/h2-6H,1H3,(H,13,14). The molecule has 0 aliphatic carbocycles. The van der Waals surface area contributed by atoms with Gasteiger partial charge in [0.1, 0.15) is 17.1 Å². The third-order valence-corrected chi connectivity index (χ3v) is 2.60. The van der Waals surface area contributed by atoms with Crippen LogP contribution in [-0.4, -0.2) is 23.6 Å². The molecular formula is C11H9ClN2O2. The van der Waals surface area contributed by atoms with Crippen LogP contribution in [0.5, 0.6) is 5.75 Å². The number of hydrogen-bond donors (Lipinski definition) is 1. The van der Waals surface area contributed by atoms with Crippen molar-refractivity contribution in [2.75, 3.05) is 7.11 Å². The molecular weight excluding hydrogens is 228 g/mol. The van der Waals surface area contributed by atoms with Gasteiger partial charge in [-0.15, -0.1) is 0 Å². The van der Waals surface area contributed by atoms with Gasteiger partial charge in [0.2, 0.25) is 0 Å². The van der Waals surface area contributed by atoms with E-state index in [1.807, 2.05) is 18.2 Å². The summed E-state index contributed by atoms with van der Waals surface area (Å²) >= 11 is 6.01. The topological polar surface area (TPSA) is 55.0 Å². The molecule has 1 heterocycles. The van der Waals surface area contributed by atoms with Crippen LogP contribution in [0.25, 0.3) is 11.3 Å². The maximum absolute atomic E-state index is 10.6. The van der Waals surface area contributed by atoms with Crippen molar-refractivity contribution < 1.29 is 9.53 Å². The van der Waals surface area contributed by atoms with E-state index in [2.05, 4.69) is 10.2 Å². The predicted octanol–water partition coefficient (Wildman–Crippen LogP) is 2.55. The normalized spacial score (nSPS) is 10.1. The van der Waals surface area contributed by atoms with Crippen molar-refractivity contribution in [3.05, 3.63) is 35.0 Å². The van der Waals surface area contributed by atoms with Crippen molar-refractivity contribution in [1.29, 1.82) is 0 Å². The van der Waals surface area contributed by atoms with Crippen molar-refractivity contribution >= 4 is 17.9 Å². The monoisotopic (exact) mass is 236 g/mol. The second-order valence-corrected chi connectivity index (χ2v) is 3.50. The highest BCUT2D eigenvalue weighted by Gasteiger charge is 2.15. The van der Waals surface area contributed by atoms with Crippen molar-refractivity contribution in [3.8, 4) is 17.0 Å². The molecule has 0 bridgehead atoms. The van der Waals surface area contributed by atoms with Crippen molar-refractivity contribution in [3.63, 3.8) is 0 Å². The maximum atomic E-state index is 10.6. The minimum Gasteiger partial charge on any atom is -0.496 e. The van der Waals surface area contributed by atoms with E-state index in [4.69, 9.17) is 16.3 Å². The van der Waals surface area contributed by atoms with Crippen LogP contribution in [-0.2, 0) is 0 Å². The molecule has 5 heteroatoms. The summed E-state index contributed by atoms with van der Waals surface area (Å²) in [5.41, 5.74) is 1.53. The third kappa shape index (κ3) is 1.67. The first-order chi connectivity index (χ1) is 7.77. The zero-order valence-electron chi connectivity index (χ0n) is 8.53. The van der Waals surface area contributed by atoms with Crippen LogP contribution in [0, 0.1) is 0 Å². The molecule has 0 amide bonds. The molecule has 0 spiro atoms. The molecule has 0 saturated carbocycles. The number of carbonyl (C=O) groups is 1. The highest BCUT2D eigenvalue weighted by molar-refractivity contribution is 6.35. The van der Waals surface area contributed by atoms with E-state index in [0.717, 1.165) is 5.56 Å². The number of aldehydes is 1. The SMILES string of the molecule is COc1ccccc1-c1n[nH]c(C=O)c1Cl. The number of H-pyrrole nitrogens is 1. The molecule has 0 saturated heterocycles. The van der Waals surface area contributed by atoms with Crippen LogP contribution in [0.3, 0.4) is 0 Å². The number of rotatable bonds is 3. The number of ether oxygens (including phenoxy) is 1. The van der Waals surface area contributed by atoms with Gasteiger partial charge >= 0.3 is 0 Å². The number of hydrogen-bond acceptors (Lipinski definition) is 3. The average molecular weight is 237 g/mol. The van der Waals surface area contributed by atoms with Gasteiger partial charge in [-0.05, 0) is 12.1 Å². The number of halogens is 1. The Labute approximate surface area is 97.2 Å². The molecule has 2 aromatic rings. The van der Waals surface area contributed by atoms with Crippen LogP contribution < -0.4 is 4.74 Å².